The van der Waals surface area contributed by atoms with E-state index >= 15 is 0 Å². The quantitative estimate of drug-likeness (QED) is 0.764. The van der Waals surface area contributed by atoms with Crippen molar-refractivity contribution < 1.29 is 5.11 Å². The number of hydrogen-bond acceptors (Lipinski definition) is 3. The van der Waals surface area contributed by atoms with Gasteiger partial charge in [0.1, 0.15) is 0 Å². The van der Waals surface area contributed by atoms with Crippen molar-refractivity contribution in [2.75, 3.05) is 45.9 Å². The zero-order chi connectivity index (χ0) is 19.9. The minimum absolute atomic E-state index is 0.356. The molecule has 156 valence electrons. The number of likely N-dealkylation sites (tertiary alicyclic amines) is 2. The third-order valence-corrected chi connectivity index (χ3v) is 6.93. The van der Waals surface area contributed by atoms with Gasteiger partial charge in [-0.05, 0) is 68.3 Å². The average molecular weight is 393 g/mol. The molecule has 29 heavy (non-hydrogen) atoms. The van der Waals surface area contributed by atoms with Gasteiger partial charge in [0, 0.05) is 32.2 Å². The molecule has 2 aliphatic heterocycles. The van der Waals surface area contributed by atoms with Gasteiger partial charge in [-0.3, -0.25) is 0 Å². The lowest BCUT2D eigenvalue weighted by Gasteiger charge is -2.38. The lowest BCUT2D eigenvalue weighted by atomic mass is 9.89. The Morgan fingerprint density at radius 1 is 0.759 bits per heavy atom. The summed E-state index contributed by atoms with van der Waals surface area (Å²) in [5.74, 6) is 1.76. The molecule has 3 nitrogen and oxygen atoms in total. The van der Waals surface area contributed by atoms with Crippen LogP contribution in [0.3, 0.4) is 0 Å². The highest BCUT2D eigenvalue weighted by Crippen LogP contribution is 2.28. The molecule has 0 amide bonds. The number of benzene rings is 2. The van der Waals surface area contributed by atoms with E-state index < -0.39 is 0 Å². The van der Waals surface area contributed by atoms with E-state index in [1.165, 1.54) is 63.0 Å². The second kappa shape index (κ2) is 10.4. The number of rotatable bonds is 7. The van der Waals surface area contributed by atoms with Crippen LogP contribution >= 0.6 is 0 Å². The van der Waals surface area contributed by atoms with Gasteiger partial charge in [0.15, 0.2) is 0 Å². The van der Waals surface area contributed by atoms with E-state index in [-0.39, 0.29) is 0 Å². The maximum absolute atomic E-state index is 9.49. The number of nitrogens with zero attached hydrogens (tertiary/aromatic N) is 2. The SMILES string of the molecule is OCC1CCCN(CC2CCN(CC(c3ccccc3)c3ccccc3)CC2)C1. The summed E-state index contributed by atoms with van der Waals surface area (Å²) in [6.07, 6.45) is 5.05. The predicted octanol–water partition coefficient (Wildman–Crippen LogP) is 4.23. The lowest BCUT2D eigenvalue weighted by molar-refractivity contribution is 0.0883. The molecule has 0 spiro atoms. The predicted molar refractivity (Wildman–Crippen MR) is 120 cm³/mol. The highest BCUT2D eigenvalue weighted by atomic mass is 16.3. The van der Waals surface area contributed by atoms with Crippen LogP contribution in [0, 0.1) is 11.8 Å². The summed E-state index contributed by atoms with van der Waals surface area (Å²) in [7, 11) is 0. The molecule has 0 aromatic heterocycles. The Labute approximate surface area is 176 Å². The van der Waals surface area contributed by atoms with Gasteiger partial charge in [-0.1, -0.05) is 60.7 Å². The zero-order valence-corrected chi connectivity index (χ0v) is 17.6. The van der Waals surface area contributed by atoms with Crippen molar-refractivity contribution in [3.63, 3.8) is 0 Å². The van der Waals surface area contributed by atoms with Crippen LogP contribution in [0.15, 0.2) is 60.7 Å². The van der Waals surface area contributed by atoms with Crippen molar-refractivity contribution in [2.24, 2.45) is 11.8 Å². The van der Waals surface area contributed by atoms with Gasteiger partial charge in [0.2, 0.25) is 0 Å². The molecule has 2 heterocycles. The summed E-state index contributed by atoms with van der Waals surface area (Å²) >= 11 is 0. The summed E-state index contributed by atoms with van der Waals surface area (Å²) in [6, 6.07) is 22.0. The zero-order valence-electron chi connectivity index (χ0n) is 17.6. The molecule has 1 unspecified atom stereocenters. The van der Waals surface area contributed by atoms with E-state index in [0.717, 1.165) is 19.0 Å². The van der Waals surface area contributed by atoms with E-state index in [1.807, 2.05) is 0 Å². The lowest BCUT2D eigenvalue weighted by Crippen LogP contribution is -2.43. The molecule has 4 rings (SSSR count). The molecule has 3 heteroatoms. The first-order chi connectivity index (χ1) is 14.3. The van der Waals surface area contributed by atoms with Crippen molar-refractivity contribution >= 4 is 0 Å². The van der Waals surface area contributed by atoms with E-state index in [4.69, 9.17) is 0 Å². The Morgan fingerprint density at radius 3 is 1.97 bits per heavy atom. The molecule has 0 aliphatic carbocycles. The van der Waals surface area contributed by atoms with Gasteiger partial charge in [0.25, 0.3) is 0 Å². The molecule has 2 saturated heterocycles. The smallest absolute Gasteiger partial charge is 0.0471 e. The molecule has 0 radical (unpaired) electrons. The van der Waals surface area contributed by atoms with Crippen LogP contribution in [0.4, 0.5) is 0 Å². The van der Waals surface area contributed by atoms with Crippen LogP contribution in [0.5, 0.6) is 0 Å². The summed E-state index contributed by atoms with van der Waals surface area (Å²) in [5, 5.41) is 9.49. The van der Waals surface area contributed by atoms with Crippen molar-refractivity contribution in [1.29, 1.82) is 0 Å². The summed E-state index contributed by atoms with van der Waals surface area (Å²) < 4.78 is 0. The third-order valence-electron chi connectivity index (χ3n) is 6.93. The van der Waals surface area contributed by atoms with Gasteiger partial charge in [-0.15, -0.1) is 0 Å². The molecule has 2 fully saturated rings. The van der Waals surface area contributed by atoms with Crippen LogP contribution < -0.4 is 0 Å². The number of aliphatic hydroxyl groups excluding tert-OH is 1. The van der Waals surface area contributed by atoms with E-state index in [2.05, 4.69) is 70.5 Å². The first-order valence-electron chi connectivity index (χ1n) is 11.5. The maximum Gasteiger partial charge on any atom is 0.0471 e. The highest BCUT2D eigenvalue weighted by Gasteiger charge is 2.26. The van der Waals surface area contributed by atoms with Crippen LogP contribution in [-0.4, -0.2) is 60.8 Å². The topological polar surface area (TPSA) is 26.7 Å². The average Bonchev–Trinajstić information content (AvgIpc) is 2.80. The Bertz CT molecular complexity index is 673. The fraction of sp³-hybridized carbons (Fsp3) is 0.538. The van der Waals surface area contributed by atoms with Crippen molar-refractivity contribution in [3.05, 3.63) is 71.8 Å². The Hall–Kier alpha value is -1.68. The fourth-order valence-electron chi connectivity index (χ4n) is 5.22. The molecule has 1 N–H and O–H groups in total. The Balaban J connectivity index is 1.33. The molecule has 0 saturated carbocycles. The second-order valence-electron chi connectivity index (χ2n) is 9.07. The van der Waals surface area contributed by atoms with Crippen LogP contribution in [-0.2, 0) is 0 Å². The first kappa shape index (κ1) is 20.6. The highest BCUT2D eigenvalue weighted by molar-refractivity contribution is 5.32. The van der Waals surface area contributed by atoms with E-state index in [9.17, 15) is 5.11 Å². The third kappa shape index (κ3) is 5.69. The van der Waals surface area contributed by atoms with Gasteiger partial charge < -0.3 is 14.9 Å². The fourth-order valence-corrected chi connectivity index (χ4v) is 5.22. The standard InChI is InChI=1S/C26H36N2O/c29-21-23-8-7-15-28(19-23)18-22-13-16-27(17-14-22)20-26(24-9-3-1-4-10-24)25-11-5-2-6-12-25/h1-6,9-12,22-23,26,29H,7-8,13-21H2. The summed E-state index contributed by atoms with van der Waals surface area (Å²) in [6.45, 7) is 7.43. The van der Waals surface area contributed by atoms with Crippen molar-refractivity contribution in [2.45, 2.75) is 31.6 Å². The first-order valence-corrected chi connectivity index (χ1v) is 11.5. The number of aliphatic hydroxyl groups is 1. The molecular weight excluding hydrogens is 356 g/mol. The monoisotopic (exact) mass is 392 g/mol. The van der Waals surface area contributed by atoms with Crippen LogP contribution in [0.25, 0.3) is 0 Å². The van der Waals surface area contributed by atoms with Gasteiger partial charge in [-0.2, -0.15) is 0 Å². The summed E-state index contributed by atoms with van der Waals surface area (Å²) in [5.41, 5.74) is 2.84. The Kier molecular flexibility index (Phi) is 7.37. The molecule has 0 bridgehead atoms. The molecular formula is C26H36N2O. The summed E-state index contributed by atoms with van der Waals surface area (Å²) in [4.78, 5) is 5.29. The van der Waals surface area contributed by atoms with E-state index in [0.29, 0.717) is 18.4 Å². The molecule has 2 aromatic rings. The Morgan fingerprint density at radius 2 is 1.38 bits per heavy atom. The molecule has 2 aromatic carbocycles. The number of piperidine rings is 2. The minimum atomic E-state index is 0.356. The molecule has 1 atom stereocenters. The van der Waals surface area contributed by atoms with E-state index in [1.54, 1.807) is 0 Å². The van der Waals surface area contributed by atoms with Crippen LogP contribution in [0.2, 0.25) is 0 Å². The molecule has 2 aliphatic rings. The van der Waals surface area contributed by atoms with Gasteiger partial charge in [0.05, 0.1) is 0 Å². The largest absolute Gasteiger partial charge is 0.396 e. The minimum Gasteiger partial charge on any atom is -0.396 e. The maximum atomic E-state index is 9.49. The normalized spacial score (nSPS) is 22.2. The van der Waals surface area contributed by atoms with Crippen molar-refractivity contribution in [1.82, 2.24) is 9.80 Å². The van der Waals surface area contributed by atoms with Gasteiger partial charge in [-0.25, -0.2) is 0 Å². The number of hydrogen-bond donors (Lipinski definition) is 1. The second-order valence-corrected chi connectivity index (χ2v) is 9.07. The van der Waals surface area contributed by atoms with Crippen molar-refractivity contribution in [3.8, 4) is 0 Å². The van der Waals surface area contributed by atoms with Crippen LogP contribution in [0.1, 0.15) is 42.7 Å². The van der Waals surface area contributed by atoms with Gasteiger partial charge >= 0.3 is 0 Å².